The number of benzene rings is 1. The van der Waals surface area contributed by atoms with Crippen LogP contribution in [0.2, 0.25) is 0 Å². The Morgan fingerprint density at radius 2 is 2.00 bits per heavy atom. The fraction of sp³-hybridized carbons (Fsp3) is 0.312. The fourth-order valence-corrected chi connectivity index (χ4v) is 3.06. The smallest absolute Gasteiger partial charge is 0.326 e. The lowest BCUT2D eigenvalue weighted by atomic mass is 10.1. The lowest BCUT2D eigenvalue weighted by molar-refractivity contribution is -0.139. The van der Waals surface area contributed by atoms with Gasteiger partial charge < -0.3 is 10.4 Å². The summed E-state index contributed by atoms with van der Waals surface area (Å²) < 4.78 is 0. The van der Waals surface area contributed by atoms with Crippen molar-refractivity contribution in [3.63, 3.8) is 0 Å². The second kappa shape index (κ2) is 7.17. The number of carboxylic acid groups (broad SMARTS) is 1. The Bertz CT molecular complexity index is 667. The molecule has 0 radical (unpaired) electrons. The first kappa shape index (κ1) is 16.2. The van der Waals surface area contributed by atoms with E-state index in [1.807, 2.05) is 37.3 Å². The van der Waals surface area contributed by atoms with E-state index in [9.17, 15) is 9.59 Å². The van der Waals surface area contributed by atoms with Gasteiger partial charge >= 0.3 is 5.97 Å². The molecule has 22 heavy (non-hydrogen) atoms. The first-order chi connectivity index (χ1) is 10.5. The van der Waals surface area contributed by atoms with Gasteiger partial charge in [-0.2, -0.15) is 0 Å². The van der Waals surface area contributed by atoms with E-state index in [2.05, 4.69) is 10.3 Å². The predicted molar refractivity (Wildman–Crippen MR) is 86.1 cm³/mol. The van der Waals surface area contributed by atoms with Crippen molar-refractivity contribution in [1.29, 1.82) is 0 Å². The Hall–Kier alpha value is -2.21. The van der Waals surface area contributed by atoms with Crippen molar-refractivity contribution in [3.8, 4) is 10.6 Å². The number of aliphatic carboxylic acids is 1. The normalized spacial score (nSPS) is 11.9. The average Bonchev–Trinajstić information content (AvgIpc) is 2.89. The van der Waals surface area contributed by atoms with E-state index in [0.29, 0.717) is 23.4 Å². The van der Waals surface area contributed by atoms with Crippen molar-refractivity contribution in [2.45, 2.75) is 32.7 Å². The molecule has 0 bridgehead atoms. The second-order valence-corrected chi connectivity index (χ2v) is 5.95. The Balaban J connectivity index is 2.20. The lowest BCUT2D eigenvalue weighted by Crippen LogP contribution is -2.40. The summed E-state index contributed by atoms with van der Waals surface area (Å²) in [5.41, 5.74) is 1.56. The molecular weight excluding hydrogens is 300 g/mol. The van der Waals surface area contributed by atoms with Crippen LogP contribution >= 0.6 is 11.3 Å². The number of carbonyl (C=O) groups is 2. The molecule has 116 valence electrons. The van der Waals surface area contributed by atoms with Gasteiger partial charge in [0.15, 0.2) is 0 Å². The van der Waals surface area contributed by atoms with E-state index in [4.69, 9.17) is 5.11 Å². The van der Waals surface area contributed by atoms with Gasteiger partial charge in [0.1, 0.15) is 15.9 Å². The van der Waals surface area contributed by atoms with Crippen LogP contribution in [-0.4, -0.2) is 28.0 Å². The minimum Gasteiger partial charge on any atom is -0.480 e. The highest BCUT2D eigenvalue weighted by atomic mass is 32.1. The predicted octanol–water partition coefficient (Wildman–Crippen LogP) is 3.10. The number of rotatable bonds is 6. The maximum Gasteiger partial charge on any atom is 0.326 e. The lowest BCUT2D eigenvalue weighted by Gasteiger charge is -2.12. The topological polar surface area (TPSA) is 79.3 Å². The summed E-state index contributed by atoms with van der Waals surface area (Å²) in [6, 6.07) is 8.73. The molecule has 2 rings (SSSR count). The standard InChI is InChI=1S/C16H18N2O3S/c1-3-7-12(16(20)21)18-14(19)13-10(2)17-15(22-13)11-8-5-4-6-9-11/h4-6,8-9,12H,3,7H2,1-2H3,(H,18,19)(H,20,21). The van der Waals surface area contributed by atoms with Crippen molar-refractivity contribution >= 4 is 23.2 Å². The number of amides is 1. The number of thiazole rings is 1. The van der Waals surface area contributed by atoms with Crippen molar-refractivity contribution in [2.24, 2.45) is 0 Å². The van der Waals surface area contributed by atoms with Crippen LogP contribution in [-0.2, 0) is 4.79 Å². The highest BCUT2D eigenvalue weighted by Gasteiger charge is 2.22. The summed E-state index contributed by atoms with van der Waals surface area (Å²) in [7, 11) is 0. The first-order valence-electron chi connectivity index (χ1n) is 7.09. The second-order valence-electron chi connectivity index (χ2n) is 4.95. The molecule has 5 nitrogen and oxygen atoms in total. The monoisotopic (exact) mass is 318 g/mol. The molecule has 6 heteroatoms. The molecule has 2 N–H and O–H groups in total. The van der Waals surface area contributed by atoms with Crippen molar-refractivity contribution in [3.05, 3.63) is 40.9 Å². The summed E-state index contributed by atoms with van der Waals surface area (Å²) in [6.45, 7) is 3.64. The quantitative estimate of drug-likeness (QED) is 0.857. The molecule has 2 aromatic rings. The average molecular weight is 318 g/mol. The third kappa shape index (κ3) is 3.71. The summed E-state index contributed by atoms with van der Waals surface area (Å²) in [5.74, 6) is -1.39. The number of carbonyl (C=O) groups excluding carboxylic acids is 1. The number of nitrogens with zero attached hydrogens (tertiary/aromatic N) is 1. The molecule has 1 aromatic carbocycles. The number of hydrogen-bond donors (Lipinski definition) is 2. The van der Waals surface area contributed by atoms with Crippen LogP contribution in [0.15, 0.2) is 30.3 Å². The molecule has 0 fully saturated rings. The number of hydrogen-bond acceptors (Lipinski definition) is 4. The summed E-state index contributed by atoms with van der Waals surface area (Å²) in [6.07, 6.45) is 1.10. The highest BCUT2D eigenvalue weighted by Crippen LogP contribution is 2.27. The third-order valence-corrected chi connectivity index (χ3v) is 4.41. The van der Waals surface area contributed by atoms with Crippen molar-refractivity contribution in [1.82, 2.24) is 10.3 Å². The van der Waals surface area contributed by atoms with Crippen LogP contribution in [0.4, 0.5) is 0 Å². The minimum atomic E-state index is -1.01. The number of aromatic nitrogens is 1. The zero-order chi connectivity index (χ0) is 16.1. The maximum atomic E-state index is 12.3. The summed E-state index contributed by atoms with van der Waals surface area (Å²) in [4.78, 5) is 28.3. The van der Waals surface area contributed by atoms with Gasteiger partial charge in [-0.3, -0.25) is 4.79 Å². The number of aryl methyl sites for hydroxylation is 1. The van der Waals surface area contributed by atoms with Crippen LogP contribution in [0.5, 0.6) is 0 Å². The Labute approximate surface area is 133 Å². The molecule has 1 atom stereocenters. The van der Waals surface area contributed by atoms with Crippen LogP contribution in [0.3, 0.4) is 0 Å². The fourth-order valence-electron chi connectivity index (χ4n) is 2.08. The minimum absolute atomic E-state index is 0.377. The molecule has 1 unspecified atom stereocenters. The molecular formula is C16H18N2O3S. The van der Waals surface area contributed by atoms with E-state index in [1.165, 1.54) is 11.3 Å². The van der Waals surface area contributed by atoms with E-state index >= 15 is 0 Å². The molecule has 0 aliphatic rings. The van der Waals surface area contributed by atoms with Gasteiger partial charge in [-0.1, -0.05) is 43.7 Å². The zero-order valence-electron chi connectivity index (χ0n) is 12.5. The van der Waals surface area contributed by atoms with Gasteiger partial charge in [0, 0.05) is 5.56 Å². The molecule has 0 spiro atoms. The highest BCUT2D eigenvalue weighted by molar-refractivity contribution is 7.17. The van der Waals surface area contributed by atoms with Gasteiger partial charge in [0.05, 0.1) is 5.69 Å². The molecule has 1 heterocycles. The zero-order valence-corrected chi connectivity index (χ0v) is 13.3. The van der Waals surface area contributed by atoms with Crippen molar-refractivity contribution in [2.75, 3.05) is 0 Å². The van der Waals surface area contributed by atoms with E-state index in [0.717, 1.165) is 10.6 Å². The van der Waals surface area contributed by atoms with Gasteiger partial charge in [0.2, 0.25) is 0 Å². The molecule has 0 saturated heterocycles. The van der Waals surface area contributed by atoms with E-state index < -0.39 is 12.0 Å². The first-order valence-corrected chi connectivity index (χ1v) is 7.91. The van der Waals surface area contributed by atoms with Crippen LogP contribution in [0.1, 0.15) is 35.1 Å². The summed E-state index contributed by atoms with van der Waals surface area (Å²) >= 11 is 1.28. The Morgan fingerprint density at radius 1 is 1.32 bits per heavy atom. The van der Waals surface area contributed by atoms with Crippen LogP contribution < -0.4 is 5.32 Å². The number of carboxylic acids is 1. The Morgan fingerprint density at radius 3 is 2.59 bits per heavy atom. The summed E-state index contributed by atoms with van der Waals surface area (Å²) in [5, 5.41) is 12.5. The molecule has 1 aromatic heterocycles. The maximum absolute atomic E-state index is 12.3. The molecule has 1 amide bonds. The van der Waals surface area contributed by atoms with Gasteiger partial charge in [-0.25, -0.2) is 9.78 Å². The molecule has 0 aliphatic carbocycles. The SMILES string of the molecule is CCCC(NC(=O)c1sc(-c2ccccc2)nc1C)C(=O)O. The van der Waals surface area contributed by atoms with Crippen molar-refractivity contribution < 1.29 is 14.7 Å². The largest absolute Gasteiger partial charge is 0.480 e. The van der Waals surface area contributed by atoms with Gasteiger partial charge in [0.25, 0.3) is 5.91 Å². The van der Waals surface area contributed by atoms with Crippen LogP contribution in [0.25, 0.3) is 10.6 Å². The van der Waals surface area contributed by atoms with E-state index in [1.54, 1.807) is 6.92 Å². The van der Waals surface area contributed by atoms with E-state index in [-0.39, 0.29) is 5.91 Å². The Kier molecular flexibility index (Phi) is 5.27. The van der Waals surface area contributed by atoms with Gasteiger partial charge in [-0.05, 0) is 13.3 Å². The molecule has 0 aliphatic heterocycles. The third-order valence-electron chi connectivity index (χ3n) is 3.20. The van der Waals surface area contributed by atoms with Crippen LogP contribution in [0, 0.1) is 6.92 Å². The number of nitrogens with one attached hydrogen (secondary N) is 1. The molecule has 0 saturated carbocycles. The van der Waals surface area contributed by atoms with Gasteiger partial charge in [-0.15, -0.1) is 11.3 Å².